The summed E-state index contributed by atoms with van der Waals surface area (Å²) in [5.74, 6) is -2.35. The molecule has 5 heterocycles. The quantitative estimate of drug-likeness (QED) is 0.0787. The molecule has 296 valence electrons. The number of carbonyl (C=O) groups is 5. The third kappa shape index (κ3) is 9.04. The predicted molar refractivity (Wildman–Crippen MR) is 199 cm³/mol. The van der Waals surface area contributed by atoms with Crippen LogP contribution in [0.2, 0.25) is 0 Å². The summed E-state index contributed by atoms with van der Waals surface area (Å²) in [6.45, 7) is 0.922. The molecule has 7 rings (SSSR count). The van der Waals surface area contributed by atoms with Gasteiger partial charge in [-0.3, -0.25) is 34.2 Å². The van der Waals surface area contributed by atoms with E-state index < -0.39 is 41.7 Å². The summed E-state index contributed by atoms with van der Waals surface area (Å²) in [7, 11) is 0. The number of carbonyl (C=O) groups excluding carboxylic acids is 5. The fourth-order valence-electron chi connectivity index (χ4n) is 6.39. The normalized spacial score (nSPS) is 17.0. The number of imide groups is 2. The van der Waals surface area contributed by atoms with E-state index in [-0.39, 0.29) is 81.8 Å². The van der Waals surface area contributed by atoms with Crippen molar-refractivity contribution >= 4 is 51.9 Å². The van der Waals surface area contributed by atoms with Gasteiger partial charge in [0.15, 0.2) is 11.5 Å². The zero-order valence-corrected chi connectivity index (χ0v) is 30.7. The van der Waals surface area contributed by atoms with Crippen molar-refractivity contribution in [2.75, 3.05) is 63.4 Å². The van der Waals surface area contributed by atoms with E-state index in [1.807, 2.05) is 0 Å². The van der Waals surface area contributed by atoms with Crippen LogP contribution in [-0.2, 0) is 23.8 Å². The van der Waals surface area contributed by atoms with Gasteiger partial charge >= 0.3 is 0 Å². The summed E-state index contributed by atoms with van der Waals surface area (Å²) in [4.78, 5) is 72.8. The Morgan fingerprint density at radius 3 is 2.53 bits per heavy atom. The predicted octanol–water partition coefficient (Wildman–Crippen LogP) is 1.89. The van der Waals surface area contributed by atoms with Gasteiger partial charge in [-0.2, -0.15) is 15.0 Å². The number of hydrogen-bond acceptors (Lipinski definition) is 14. The van der Waals surface area contributed by atoms with Crippen molar-refractivity contribution in [1.29, 1.82) is 5.26 Å². The first-order valence-corrected chi connectivity index (χ1v) is 18.5. The molecule has 19 heteroatoms. The fourth-order valence-corrected chi connectivity index (χ4v) is 6.39. The molecule has 0 radical (unpaired) electrons. The number of amides is 5. The minimum Gasteiger partial charge on any atom is -0.382 e. The maximum atomic E-state index is 14.6. The highest BCUT2D eigenvalue weighted by molar-refractivity contribution is 6.25. The van der Waals surface area contributed by atoms with Gasteiger partial charge in [-0.15, -0.1) is 0 Å². The summed E-state index contributed by atoms with van der Waals surface area (Å²) in [5, 5.41) is 25.4. The number of fused-ring (bicyclic) bond motifs is 2. The molecular formula is C38H39FN10O8. The van der Waals surface area contributed by atoms with Crippen LogP contribution in [0.15, 0.2) is 48.9 Å². The van der Waals surface area contributed by atoms with Gasteiger partial charge in [-0.05, 0) is 37.5 Å². The van der Waals surface area contributed by atoms with Gasteiger partial charge in [0.05, 0.1) is 80.3 Å². The van der Waals surface area contributed by atoms with E-state index in [1.54, 1.807) is 30.5 Å². The zero-order valence-electron chi connectivity index (χ0n) is 30.7. The monoisotopic (exact) mass is 782 g/mol. The molecule has 0 spiro atoms. The maximum Gasteiger partial charge on any atom is 0.264 e. The van der Waals surface area contributed by atoms with Crippen molar-refractivity contribution < 1.29 is 42.6 Å². The van der Waals surface area contributed by atoms with Gasteiger partial charge in [0.2, 0.25) is 11.8 Å². The number of anilines is 2. The standard InChI is InChI=1S/C38H39FN10O8/c39-24(19-44-35(51)27-20-42-31(15-29(27)46-25-4-5-25)49-34-23(18-45-49)14-22(16-40)17-43-34)21-57-13-12-56-11-10-55-9-8-41-28-3-1-2-26-33(28)38(54)48(37(26)53)30-6-7-32(50)47-36(30)52/h1-3,14-15,17-18,20,24-25,30,41H,4-13,19,21H2,(H,42,46)(H,44,51)(H,47,50,52). The van der Waals surface area contributed by atoms with Crippen LogP contribution in [0.25, 0.3) is 16.9 Å². The molecule has 3 aliphatic rings. The number of pyridine rings is 2. The van der Waals surface area contributed by atoms with Crippen molar-refractivity contribution in [3.05, 3.63) is 71.2 Å². The number of hydrogen-bond donors (Lipinski definition) is 4. The van der Waals surface area contributed by atoms with Crippen molar-refractivity contribution in [3.63, 3.8) is 0 Å². The molecule has 2 aliphatic heterocycles. The Bertz CT molecular complexity index is 2240. The van der Waals surface area contributed by atoms with E-state index in [0.717, 1.165) is 17.7 Å². The number of halogens is 1. The van der Waals surface area contributed by atoms with Crippen LogP contribution in [0.1, 0.15) is 62.3 Å². The first kappa shape index (κ1) is 38.9. The largest absolute Gasteiger partial charge is 0.382 e. The molecule has 1 aliphatic carbocycles. The van der Waals surface area contributed by atoms with Gasteiger partial charge in [-0.1, -0.05) is 6.07 Å². The van der Waals surface area contributed by atoms with E-state index in [0.29, 0.717) is 40.3 Å². The molecule has 18 nitrogen and oxygen atoms in total. The summed E-state index contributed by atoms with van der Waals surface area (Å²) in [5.41, 5.74) is 2.50. The SMILES string of the molecule is N#Cc1cnc2c(cnn2-c2cc(NC3CC3)c(C(=O)NCC(F)COCCOCCOCCNc3cccc4c3C(=O)N(C3CCC(=O)NC3=O)C4=O)cn2)c1. The molecule has 2 fully saturated rings. The molecule has 2 atom stereocenters. The number of alkyl halides is 1. The molecule has 4 N–H and O–H groups in total. The Labute approximate surface area is 325 Å². The molecule has 4 aromatic rings. The Kier molecular flexibility index (Phi) is 12.0. The first-order valence-electron chi connectivity index (χ1n) is 18.5. The minimum absolute atomic E-state index is 0.0395. The average Bonchev–Trinajstić information content (AvgIpc) is 3.87. The molecule has 1 saturated heterocycles. The highest BCUT2D eigenvalue weighted by Gasteiger charge is 2.45. The third-order valence-corrected chi connectivity index (χ3v) is 9.38. The number of aromatic nitrogens is 4. The molecule has 2 unspecified atom stereocenters. The maximum absolute atomic E-state index is 14.6. The van der Waals surface area contributed by atoms with Crippen molar-refractivity contribution in [3.8, 4) is 11.9 Å². The molecule has 1 aromatic carbocycles. The van der Waals surface area contributed by atoms with Crippen molar-refractivity contribution in [2.24, 2.45) is 0 Å². The van der Waals surface area contributed by atoms with Crippen LogP contribution < -0.4 is 21.3 Å². The number of benzene rings is 1. The van der Waals surface area contributed by atoms with Gasteiger partial charge in [-0.25, -0.2) is 14.4 Å². The smallest absolute Gasteiger partial charge is 0.264 e. The summed E-state index contributed by atoms with van der Waals surface area (Å²) < 4.78 is 32.6. The van der Waals surface area contributed by atoms with Crippen molar-refractivity contribution in [2.45, 2.75) is 43.9 Å². The number of ether oxygens (including phenoxy) is 3. The van der Waals surface area contributed by atoms with Crippen LogP contribution in [0.5, 0.6) is 0 Å². The van der Waals surface area contributed by atoms with E-state index >= 15 is 0 Å². The van der Waals surface area contributed by atoms with E-state index in [1.165, 1.54) is 23.1 Å². The molecule has 5 amide bonds. The Balaban J connectivity index is 0.773. The number of nitrogens with one attached hydrogen (secondary N) is 4. The van der Waals surface area contributed by atoms with E-state index in [2.05, 4.69) is 42.4 Å². The second-order valence-corrected chi connectivity index (χ2v) is 13.5. The third-order valence-electron chi connectivity index (χ3n) is 9.38. The lowest BCUT2D eigenvalue weighted by Gasteiger charge is -2.27. The Hall–Kier alpha value is -6.36. The Morgan fingerprint density at radius 1 is 0.965 bits per heavy atom. The number of nitrogens with zero attached hydrogens (tertiary/aromatic N) is 6. The topological polar surface area (TPSA) is 232 Å². The van der Waals surface area contributed by atoms with Gasteiger partial charge in [0, 0.05) is 48.5 Å². The van der Waals surface area contributed by atoms with Crippen LogP contribution in [0.3, 0.4) is 0 Å². The van der Waals surface area contributed by atoms with Crippen LogP contribution in [0.4, 0.5) is 15.8 Å². The minimum atomic E-state index is -1.46. The van der Waals surface area contributed by atoms with Gasteiger partial charge in [0.1, 0.15) is 18.3 Å². The van der Waals surface area contributed by atoms with E-state index in [9.17, 15) is 28.4 Å². The Morgan fingerprint density at radius 2 is 1.75 bits per heavy atom. The number of piperidine rings is 1. The van der Waals surface area contributed by atoms with Crippen LogP contribution in [-0.4, -0.2) is 125 Å². The lowest BCUT2D eigenvalue weighted by Crippen LogP contribution is -2.54. The average molecular weight is 783 g/mol. The first-order chi connectivity index (χ1) is 27.7. The molecule has 57 heavy (non-hydrogen) atoms. The van der Waals surface area contributed by atoms with E-state index in [4.69, 9.17) is 19.5 Å². The van der Waals surface area contributed by atoms with Crippen molar-refractivity contribution in [1.82, 2.24) is 35.3 Å². The number of rotatable bonds is 19. The summed E-state index contributed by atoms with van der Waals surface area (Å²) in [6, 6.07) is 9.42. The zero-order chi connectivity index (χ0) is 39.9. The second-order valence-electron chi connectivity index (χ2n) is 13.5. The second kappa shape index (κ2) is 17.6. The van der Waals surface area contributed by atoms with Gasteiger partial charge in [0.25, 0.3) is 17.7 Å². The summed E-state index contributed by atoms with van der Waals surface area (Å²) >= 11 is 0. The van der Waals surface area contributed by atoms with Gasteiger partial charge < -0.3 is 30.2 Å². The molecule has 0 bridgehead atoms. The van der Waals surface area contributed by atoms with Crippen LogP contribution in [0, 0.1) is 11.3 Å². The lowest BCUT2D eigenvalue weighted by atomic mass is 10.0. The molecular weight excluding hydrogens is 743 g/mol. The highest BCUT2D eigenvalue weighted by atomic mass is 19.1. The summed E-state index contributed by atoms with van der Waals surface area (Å²) in [6.07, 6.45) is 5.02. The lowest BCUT2D eigenvalue weighted by molar-refractivity contribution is -0.136. The fraction of sp³-hybridized carbons (Fsp3) is 0.395. The molecule has 1 saturated carbocycles. The highest BCUT2D eigenvalue weighted by Crippen LogP contribution is 2.32. The van der Waals surface area contributed by atoms with Crippen LogP contribution >= 0.6 is 0 Å². The molecule has 3 aromatic heterocycles. The number of nitriles is 1.